The first-order valence-corrected chi connectivity index (χ1v) is 10.9. The molecule has 1 aliphatic heterocycles. The summed E-state index contributed by atoms with van der Waals surface area (Å²) in [6, 6.07) is 18.6. The van der Waals surface area contributed by atoms with Crippen molar-refractivity contribution < 1.29 is 4.74 Å². The Bertz CT molecular complexity index is 1010. The van der Waals surface area contributed by atoms with Crippen LogP contribution in [0.4, 0.5) is 0 Å². The predicted octanol–water partition coefficient (Wildman–Crippen LogP) is 4.71. The van der Waals surface area contributed by atoms with E-state index in [9.17, 15) is 0 Å². The van der Waals surface area contributed by atoms with Gasteiger partial charge in [0.1, 0.15) is 5.82 Å². The van der Waals surface area contributed by atoms with Gasteiger partial charge in [-0.2, -0.15) is 5.26 Å². The number of hydrogen-bond acceptors (Lipinski definition) is 4. The van der Waals surface area contributed by atoms with Gasteiger partial charge in [-0.05, 0) is 69.6 Å². The molecule has 0 radical (unpaired) electrons. The largest absolute Gasteiger partial charge is 0.377 e. The molecule has 2 heterocycles. The molecule has 30 heavy (non-hydrogen) atoms. The maximum absolute atomic E-state index is 8.97. The summed E-state index contributed by atoms with van der Waals surface area (Å²) >= 11 is 0. The molecule has 0 spiro atoms. The Morgan fingerprint density at radius 1 is 1.10 bits per heavy atom. The predicted molar refractivity (Wildman–Crippen MR) is 119 cm³/mol. The molecule has 156 valence electrons. The maximum atomic E-state index is 8.97. The van der Waals surface area contributed by atoms with Crippen molar-refractivity contribution in [3.8, 4) is 6.07 Å². The molecule has 0 amide bonds. The second-order valence-electron chi connectivity index (χ2n) is 8.39. The molecule has 3 aromatic rings. The number of ether oxygens (including phenoxy) is 1. The monoisotopic (exact) mass is 402 g/mol. The summed E-state index contributed by atoms with van der Waals surface area (Å²) in [6.45, 7) is 8.79. The topological polar surface area (TPSA) is 54.1 Å². The Morgan fingerprint density at radius 2 is 1.83 bits per heavy atom. The number of aromatic nitrogens is 2. The Kier molecular flexibility index (Phi) is 6.47. The van der Waals surface area contributed by atoms with Crippen molar-refractivity contribution in [3.05, 3.63) is 65.5 Å². The summed E-state index contributed by atoms with van der Waals surface area (Å²) in [6.07, 6.45) is 2.48. The first-order valence-electron chi connectivity index (χ1n) is 10.9. The van der Waals surface area contributed by atoms with E-state index in [0.29, 0.717) is 12.5 Å². The van der Waals surface area contributed by atoms with Crippen LogP contribution in [0.3, 0.4) is 0 Å². The molecule has 0 unspecified atom stereocenters. The number of imidazole rings is 1. The molecular formula is C25H30N4O. The van der Waals surface area contributed by atoms with Gasteiger partial charge >= 0.3 is 0 Å². The summed E-state index contributed by atoms with van der Waals surface area (Å²) in [4.78, 5) is 7.53. The minimum atomic E-state index is 0.244. The van der Waals surface area contributed by atoms with Gasteiger partial charge in [0.05, 0.1) is 35.4 Å². The summed E-state index contributed by atoms with van der Waals surface area (Å²) in [5.41, 5.74) is 4.28. The fourth-order valence-electron chi connectivity index (χ4n) is 4.31. The molecule has 0 aliphatic carbocycles. The summed E-state index contributed by atoms with van der Waals surface area (Å²) < 4.78 is 8.20. The number of piperidine rings is 1. The zero-order valence-electron chi connectivity index (χ0n) is 17.9. The van der Waals surface area contributed by atoms with E-state index in [1.165, 1.54) is 16.9 Å². The van der Waals surface area contributed by atoms with Gasteiger partial charge in [0, 0.05) is 19.0 Å². The van der Waals surface area contributed by atoms with Gasteiger partial charge in [-0.3, -0.25) is 4.90 Å². The molecule has 5 nitrogen and oxygen atoms in total. The first-order chi connectivity index (χ1) is 14.6. The van der Waals surface area contributed by atoms with Gasteiger partial charge in [0.2, 0.25) is 0 Å². The summed E-state index contributed by atoms with van der Waals surface area (Å²) in [5, 5.41) is 8.97. The molecule has 1 fully saturated rings. The van der Waals surface area contributed by atoms with Crippen LogP contribution in [0.2, 0.25) is 0 Å². The van der Waals surface area contributed by atoms with E-state index in [4.69, 9.17) is 15.0 Å². The molecular weight excluding hydrogens is 372 g/mol. The average Bonchev–Trinajstić information content (AvgIpc) is 3.13. The Labute approximate surface area is 178 Å². The molecule has 1 saturated heterocycles. The third kappa shape index (κ3) is 4.72. The third-order valence-electron chi connectivity index (χ3n) is 5.89. The van der Waals surface area contributed by atoms with E-state index in [-0.39, 0.29) is 6.10 Å². The van der Waals surface area contributed by atoms with Crippen molar-refractivity contribution in [3.63, 3.8) is 0 Å². The number of fused-ring (bicyclic) bond motifs is 1. The average molecular weight is 403 g/mol. The number of para-hydroxylation sites is 2. The minimum absolute atomic E-state index is 0.244. The molecule has 0 saturated carbocycles. The standard InChI is InChI=1S/C25H30N4O/c1-19(2)30-16-15-29-24-6-4-3-5-23(24)27-25(29)22-11-13-28(14-12-22)18-21-9-7-20(17-26)8-10-21/h3-10,19,22H,11-16,18H2,1-2H3. The fourth-order valence-corrected chi connectivity index (χ4v) is 4.31. The van der Waals surface area contributed by atoms with Crippen molar-refractivity contribution in [1.29, 1.82) is 5.26 Å². The van der Waals surface area contributed by atoms with Crippen LogP contribution in [0.5, 0.6) is 0 Å². The first kappa shape index (κ1) is 20.6. The summed E-state index contributed by atoms with van der Waals surface area (Å²) in [7, 11) is 0. The van der Waals surface area contributed by atoms with Crippen LogP contribution in [-0.4, -0.2) is 40.3 Å². The highest BCUT2D eigenvalue weighted by molar-refractivity contribution is 5.76. The highest BCUT2D eigenvalue weighted by Crippen LogP contribution is 2.31. The van der Waals surface area contributed by atoms with Gasteiger partial charge in [-0.1, -0.05) is 24.3 Å². The highest BCUT2D eigenvalue weighted by Gasteiger charge is 2.25. The Balaban J connectivity index is 1.44. The van der Waals surface area contributed by atoms with E-state index in [1.54, 1.807) is 0 Å². The minimum Gasteiger partial charge on any atom is -0.377 e. The van der Waals surface area contributed by atoms with Crippen molar-refractivity contribution >= 4 is 11.0 Å². The molecule has 1 aromatic heterocycles. The number of likely N-dealkylation sites (tertiary alicyclic amines) is 1. The maximum Gasteiger partial charge on any atom is 0.113 e. The van der Waals surface area contributed by atoms with E-state index in [0.717, 1.165) is 50.1 Å². The number of rotatable bonds is 7. The molecule has 4 rings (SSSR count). The second kappa shape index (κ2) is 9.42. The van der Waals surface area contributed by atoms with E-state index < -0.39 is 0 Å². The molecule has 0 N–H and O–H groups in total. The molecule has 1 aliphatic rings. The van der Waals surface area contributed by atoms with Crippen molar-refractivity contribution in [1.82, 2.24) is 14.5 Å². The number of nitriles is 1. The van der Waals surface area contributed by atoms with Crippen LogP contribution in [-0.2, 0) is 17.8 Å². The number of benzene rings is 2. The molecule has 0 atom stereocenters. The van der Waals surface area contributed by atoms with Crippen LogP contribution >= 0.6 is 0 Å². The normalized spacial score (nSPS) is 15.7. The molecule has 2 aromatic carbocycles. The van der Waals surface area contributed by atoms with Gasteiger partial charge in [-0.25, -0.2) is 4.98 Å². The lowest BCUT2D eigenvalue weighted by molar-refractivity contribution is 0.0724. The zero-order chi connectivity index (χ0) is 20.9. The van der Waals surface area contributed by atoms with E-state index in [2.05, 4.69) is 65.8 Å². The van der Waals surface area contributed by atoms with Crippen LogP contribution in [0, 0.1) is 11.3 Å². The second-order valence-corrected chi connectivity index (χ2v) is 8.39. The highest BCUT2D eigenvalue weighted by atomic mass is 16.5. The lowest BCUT2D eigenvalue weighted by Crippen LogP contribution is -2.33. The van der Waals surface area contributed by atoms with Gasteiger partial charge in [0.15, 0.2) is 0 Å². The van der Waals surface area contributed by atoms with Crippen molar-refractivity contribution in [2.45, 2.75) is 51.8 Å². The number of nitrogens with zero attached hydrogens (tertiary/aromatic N) is 4. The molecule has 0 bridgehead atoms. The summed E-state index contributed by atoms with van der Waals surface area (Å²) in [5.74, 6) is 1.69. The lowest BCUT2D eigenvalue weighted by atomic mass is 9.95. The van der Waals surface area contributed by atoms with Crippen LogP contribution < -0.4 is 0 Å². The van der Waals surface area contributed by atoms with Crippen LogP contribution in [0.15, 0.2) is 48.5 Å². The Morgan fingerprint density at radius 3 is 2.53 bits per heavy atom. The lowest BCUT2D eigenvalue weighted by Gasteiger charge is -2.32. The van der Waals surface area contributed by atoms with Crippen molar-refractivity contribution in [2.24, 2.45) is 0 Å². The SMILES string of the molecule is CC(C)OCCn1c(C2CCN(Cc3ccc(C#N)cc3)CC2)nc2ccccc21. The van der Waals surface area contributed by atoms with E-state index in [1.807, 2.05) is 12.1 Å². The van der Waals surface area contributed by atoms with E-state index >= 15 is 0 Å². The third-order valence-corrected chi connectivity index (χ3v) is 5.89. The van der Waals surface area contributed by atoms with Gasteiger partial charge < -0.3 is 9.30 Å². The number of hydrogen-bond donors (Lipinski definition) is 0. The quantitative estimate of drug-likeness (QED) is 0.574. The van der Waals surface area contributed by atoms with Crippen molar-refractivity contribution in [2.75, 3.05) is 19.7 Å². The van der Waals surface area contributed by atoms with Crippen LogP contribution in [0.25, 0.3) is 11.0 Å². The zero-order valence-corrected chi connectivity index (χ0v) is 17.9. The van der Waals surface area contributed by atoms with Crippen LogP contribution in [0.1, 0.15) is 49.6 Å². The fraction of sp³-hybridized carbons (Fsp3) is 0.440. The van der Waals surface area contributed by atoms with Gasteiger partial charge in [0.25, 0.3) is 0 Å². The Hall–Kier alpha value is -2.68. The smallest absolute Gasteiger partial charge is 0.113 e. The van der Waals surface area contributed by atoms with Gasteiger partial charge in [-0.15, -0.1) is 0 Å². The molecule has 5 heteroatoms.